The van der Waals surface area contributed by atoms with Gasteiger partial charge in [-0.1, -0.05) is 19.9 Å². The van der Waals surface area contributed by atoms with Crippen LogP contribution in [0.2, 0.25) is 0 Å². The van der Waals surface area contributed by atoms with E-state index in [1.54, 1.807) is 6.07 Å². The molecule has 1 saturated carbocycles. The van der Waals surface area contributed by atoms with Gasteiger partial charge in [0.15, 0.2) is 0 Å². The molecule has 1 aliphatic carbocycles. The molecule has 1 aliphatic heterocycles. The number of aliphatic hydroxyl groups is 1. The molecule has 1 fully saturated rings. The van der Waals surface area contributed by atoms with E-state index in [1.165, 1.54) is 12.1 Å². The van der Waals surface area contributed by atoms with Crippen molar-refractivity contribution in [1.82, 2.24) is 9.97 Å². The molecule has 1 aromatic heterocycles. The molecule has 0 amide bonds. The number of fused-ring (bicyclic) bond motifs is 1. The summed E-state index contributed by atoms with van der Waals surface area (Å²) in [7, 11) is 0. The second-order valence-corrected chi connectivity index (χ2v) is 8.57. The molecule has 31 heavy (non-hydrogen) atoms. The summed E-state index contributed by atoms with van der Waals surface area (Å²) in [5.41, 5.74) is 1.81. The number of benzene rings is 1. The topological polar surface area (TPSA) is 70.5 Å². The number of hydrogen-bond acceptors (Lipinski definition) is 6. The first kappa shape index (κ1) is 21.7. The summed E-state index contributed by atoms with van der Waals surface area (Å²) < 4.78 is 41.9. The van der Waals surface area contributed by atoms with E-state index in [9.17, 15) is 18.3 Å². The first-order valence-electron chi connectivity index (χ1n) is 10.6. The van der Waals surface area contributed by atoms with E-state index in [-0.39, 0.29) is 24.3 Å². The van der Waals surface area contributed by atoms with E-state index in [0.717, 1.165) is 35.6 Å². The zero-order valence-corrected chi connectivity index (χ0v) is 17.6. The van der Waals surface area contributed by atoms with Crippen LogP contribution in [0.1, 0.15) is 49.6 Å². The van der Waals surface area contributed by atoms with Gasteiger partial charge in [0.2, 0.25) is 0 Å². The Labute approximate surface area is 179 Å². The van der Waals surface area contributed by atoms with Gasteiger partial charge in [-0.25, -0.2) is 9.97 Å². The summed E-state index contributed by atoms with van der Waals surface area (Å²) in [4.78, 5) is 11.5. The van der Waals surface area contributed by atoms with Gasteiger partial charge in [-0.3, -0.25) is 0 Å². The molecule has 1 atom stereocenters. The van der Waals surface area contributed by atoms with Crippen LogP contribution in [-0.4, -0.2) is 40.6 Å². The van der Waals surface area contributed by atoms with Gasteiger partial charge in [-0.05, 0) is 48.4 Å². The fourth-order valence-electron chi connectivity index (χ4n) is 3.75. The normalized spacial score (nSPS) is 17.5. The molecule has 2 aromatic rings. The van der Waals surface area contributed by atoms with Gasteiger partial charge in [0, 0.05) is 25.1 Å². The minimum atomic E-state index is -4.71. The average molecular weight is 436 g/mol. The summed E-state index contributed by atoms with van der Waals surface area (Å²) in [5.74, 6) is 2.55. The van der Waals surface area contributed by atoms with Crippen molar-refractivity contribution in [3.05, 3.63) is 41.2 Å². The molecule has 0 radical (unpaired) electrons. The number of nitrogens with zero attached hydrogens (tertiary/aromatic N) is 3. The quantitative estimate of drug-likeness (QED) is 0.677. The lowest BCUT2D eigenvalue weighted by atomic mass is 9.99. The molecule has 0 bridgehead atoms. The van der Waals surface area contributed by atoms with E-state index < -0.39 is 6.36 Å². The Balaban J connectivity index is 1.59. The molecule has 1 aromatic carbocycles. The minimum Gasteiger partial charge on any atom is -0.406 e. The molecule has 2 N–H and O–H groups in total. The Morgan fingerprint density at radius 3 is 2.61 bits per heavy atom. The van der Waals surface area contributed by atoms with Crippen molar-refractivity contribution in [2.45, 2.75) is 58.0 Å². The third kappa shape index (κ3) is 5.39. The number of alkyl halides is 3. The van der Waals surface area contributed by atoms with Crippen LogP contribution in [-0.2, 0) is 13.0 Å². The number of halogens is 3. The smallest absolute Gasteiger partial charge is 0.406 e. The molecule has 9 heteroatoms. The Morgan fingerprint density at radius 1 is 1.19 bits per heavy atom. The molecule has 0 unspecified atom stereocenters. The van der Waals surface area contributed by atoms with Crippen molar-refractivity contribution in [2.75, 3.05) is 23.4 Å². The molecule has 4 rings (SSSR count). The van der Waals surface area contributed by atoms with Gasteiger partial charge in [0.25, 0.3) is 0 Å². The first-order chi connectivity index (χ1) is 14.7. The predicted molar refractivity (Wildman–Crippen MR) is 111 cm³/mol. The van der Waals surface area contributed by atoms with Crippen LogP contribution in [0, 0.1) is 5.92 Å². The second-order valence-electron chi connectivity index (χ2n) is 8.57. The number of aromatic nitrogens is 2. The van der Waals surface area contributed by atoms with Gasteiger partial charge >= 0.3 is 6.36 Å². The third-order valence-electron chi connectivity index (χ3n) is 5.75. The number of hydrogen-bond donors (Lipinski definition) is 2. The lowest BCUT2D eigenvalue weighted by Crippen LogP contribution is -2.33. The van der Waals surface area contributed by atoms with Gasteiger partial charge in [-0.15, -0.1) is 13.2 Å². The fraction of sp³-hybridized carbons (Fsp3) is 0.545. The summed E-state index contributed by atoms with van der Waals surface area (Å²) in [6.45, 7) is 5.20. The summed E-state index contributed by atoms with van der Waals surface area (Å²) in [5, 5.41) is 13.0. The van der Waals surface area contributed by atoms with E-state index in [2.05, 4.69) is 19.9 Å². The monoisotopic (exact) mass is 436 g/mol. The van der Waals surface area contributed by atoms with Crippen molar-refractivity contribution >= 4 is 11.6 Å². The molecule has 2 heterocycles. The number of aliphatic hydroxyl groups excluding tert-OH is 1. The second kappa shape index (κ2) is 8.53. The fourth-order valence-corrected chi connectivity index (χ4v) is 3.75. The van der Waals surface area contributed by atoms with Crippen LogP contribution < -0.4 is 15.0 Å². The Hall–Kier alpha value is -2.55. The van der Waals surface area contributed by atoms with Crippen LogP contribution in [0.5, 0.6) is 5.75 Å². The van der Waals surface area contributed by atoms with E-state index in [0.29, 0.717) is 31.2 Å². The van der Waals surface area contributed by atoms with Gasteiger partial charge in [0.1, 0.15) is 23.2 Å². The van der Waals surface area contributed by atoms with Gasteiger partial charge < -0.3 is 20.1 Å². The minimum absolute atomic E-state index is 0.00512. The van der Waals surface area contributed by atoms with Crippen molar-refractivity contribution in [3.63, 3.8) is 0 Å². The molecule has 6 nitrogen and oxygen atoms in total. The van der Waals surface area contributed by atoms with E-state index in [4.69, 9.17) is 4.98 Å². The lowest BCUT2D eigenvalue weighted by molar-refractivity contribution is -0.274. The maximum Gasteiger partial charge on any atom is 0.573 e. The highest BCUT2D eigenvalue weighted by molar-refractivity contribution is 5.53. The standard InChI is InChI=1S/C22H27F3N4O2/c1-13(2)18(12-30)26-19-10-20(28-21(27-19)15-3-4-15)29-8-7-14-5-6-17(9-16(14)11-29)31-22(23,24)25/h5-6,9-10,13,15,18,30H,3-4,7-8,11-12H2,1-2H3,(H,26,27,28)/t18-/m1/s1. The highest BCUT2D eigenvalue weighted by atomic mass is 19.4. The van der Waals surface area contributed by atoms with Crippen LogP contribution in [0.15, 0.2) is 24.3 Å². The maximum atomic E-state index is 12.6. The molecule has 0 spiro atoms. The van der Waals surface area contributed by atoms with Crippen LogP contribution >= 0.6 is 0 Å². The highest BCUT2D eigenvalue weighted by Crippen LogP contribution is 2.39. The Bertz CT molecular complexity index is 931. The van der Waals surface area contributed by atoms with E-state index >= 15 is 0 Å². The van der Waals surface area contributed by atoms with Crippen molar-refractivity contribution < 1.29 is 23.0 Å². The number of nitrogens with one attached hydrogen (secondary N) is 1. The summed E-state index contributed by atoms with van der Waals surface area (Å²) in [6, 6.07) is 6.25. The summed E-state index contributed by atoms with van der Waals surface area (Å²) >= 11 is 0. The van der Waals surface area contributed by atoms with Crippen LogP contribution in [0.3, 0.4) is 0 Å². The Kier molecular flexibility index (Phi) is 5.96. The number of rotatable bonds is 7. The Morgan fingerprint density at radius 2 is 1.97 bits per heavy atom. The molecule has 2 aliphatic rings. The molecular weight excluding hydrogens is 409 g/mol. The van der Waals surface area contributed by atoms with Crippen LogP contribution in [0.4, 0.5) is 24.8 Å². The largest absolute Gasteiger partial charge is 0.573 e. The zero-order valence-electron chi connectivity index (χ0n) is 17.6. The third-order valence-corrected chi connectivity index (χ3v) is 5.75. The van der Waals surface area contributed by atoms with Crippen LogP contribution in [0.25, 0.3) is 0 Å². The SMILES string of the molecule is CC(C)[C@@H](CO)Nc1cc(N2CCc3ccc(OC(F)(F)F)cc3C2)nc(C2CC2)n1. The van der Waals surface area contributed by atoms with Crippen molar-refractivity contribution in [2.24, 2.45) is 5.92 Å². The first-order valence-corrected chi connectivity index (χ1v) is 10.6. The van der Waals surface area contributed by atoms with Gasteiger partial charge in [0.05, 0.1) is 12.6 Å². The predicted octanol–water partition coefficient (Wildman–Crippen LogP) is 4.24. The molecular formula is C22H27F3N4O2. The van der Waals surface area contributed by atoms with Gasteiger partial charge in [-0.2, -0.15) is 0 Å². The van der Waals surface area contributed by atoms with Crippen molar-refractivity contribution in [3.8, 4) is 5.75 Å². The molecule has 0 saturated heterocycles. The van der Waals surface area contributed by atoms with Crippen molar-refractivity contribution in [1.29, 1.82) is 0 Å². The van der Waals surface area contributed by atoms with E-state index in [1.807, 2.05) is 19.9 Å². The highest BCUT2D eigenvalue weighted by Gasteiger charge is 2.32. The maximum absolute atomic E-state index is 12.6. The lowest BCUT2D eigenvalue weighted by Gasteiger charge is -2.31. The number of anilines is 2. The zero-order chi connectivity index (χ0) is 22.2. The number of ether oxygens (including phenoxy) is 1. The average Bonchev–Trinajstić information content (AvgIpc) is 3.55. The summed E-state index contributed by atoms with van der Waals surface area (Å²) in [6.07, 6.45) is -1.90. The molecule has 168 valence electrons.